The van der Waals surface area contributed by atoms with Crippen LogP contribution in [-0.4, -0.2) is 28.4 Å². The van der Waals surface area contributed by atoms with Crippen molar-refractivity contribution in [3.63, 3.8) is 0 Å². The van der Waals surface area contributed by atoms with Crippen molar-refractivity contribution in [1.29, 1.82) is 0 Å². The van der Waals surface area contributed by atoms with Crippen LogP contribution in [0.5, 0.6) is 5.75 Å². The number of hydrogen-bond donors (Lipinski definition) is 1. The normalized spacial score (nSPS) is 10.5. The van der Waals surface area contributed by atoms with Crippen molar-refractivity contribution in [3.8, 4) is 11.4 Å². The number of nitrogens with one attached hydrogen (secondary N) is 1. The number of amides is 1. The summed E-state index contributed by atoms with van der Waals surface area (Å²) in [6, 6.07) is 14.3. The lowest BCUT2D eigenvalue weighted by Gasteiger charge is -2.12. The predicted molar refractivity (Wildman–Crippen MR) is 110 cm³/mol. The summed E-state index contributed by atoms with van der Waals surface area (Å²) in [6.07, 6.45) is 4.80. The highest BCUT2D eigenvalue weighted by Gasteiger charge is 2.12. The fourth-order valence-corrected chi connectivity index (χ4v) is 3.17. The fourth-order valence-electron chi connectivity index (χ4n) is 2.71. The van der Waals surface area contributed by atoms with Crippen molar-refractivity contribution >= 4 is 23.4 Å². The molecule has 0 unspecified atom stereocenters. The lowest BCUT2D eigenvalue weighted by molar-refractivity contribution is -0.116. The van der Waals surface area contributed by atoms with Crippen LogP contribution in [0.1, 0.15) is 0 Å². The van der Waals surface area contributed by atoms with Crippen LogP contribution in [0.25, 0.3) is 5.69 Å². The summed E-state index contributed by atoms with van der Waals surface area (Å²) >= 11 is 1.56. The van der Waals surface area contributed by atoms with Crippen LogP contribution in [0, 0.1) is 0 Å². The fraction of sp³-hybridized carbons (Fsp3) is 0.150. The smallest absolute Gasteiger partial charge is 0.321 e. The predicted octanol–water partition coefficient (Wildman–Crippen LogP) is 2.37. The molecule has 0 saturated carbocycles. The van der Waals surface area contributed by atoms with Crippen molar-refractivity contribution in [1.82, 2.24) is 9.13 Å². The minimum absolute atomic E-state index is 0.260. The quantitative estimate of drug-likeness (QED) is 0.510. The van der Waals surface area contributed by atoms with Gasteiger partial charge < -0.3 is 10.1 Å². The van der Waals surface area contributed by atoms with Crippen LogP contribution in [0.2, 0.25) is 0 Å². The number of carbonyl (C=O) groups excluding carboxylic acids is 1. The third-order valence-corrected chi connectivity index (χ3v) is 4.80. The van der Waals surface area contributed by atoms with Crippen molar-refractivity contribution in [2.45, 2.75) is 11.4 Å². The van der Waals surface area contributed by atoms with Gasteiger partial charge in [-0.05, 0) is 36.6 Å². The average molecular weight is 397 g/mol. The van der Waals surface area contributed by atoms with Crippen LogP contribution in [0.15, 0.2) is 75.4 Å². The summed E-state index contributed by atoms with van der Waals surface area (Å²) < 4.78 is 7.53. The molecule has 144 valence electrons. The number of rotatable bonds is 6. The minimum atomic E-state index is -0.790. The molecule has 1 N–H and O–H groups in total. The topological polar surface area (TPSA) is 82.3 Å². The lowest BCUT2D eigenvalue weighted by atomic mass is 10.3. The summed E-state index contributed by atoms with van der Waals surface area (Å²) in [5.41, 5.74) is -0.463. The third-order valence-electron chi connectivity index (χ3n) is 4.07. The number of ether oxygens (including phenoxy) is 1. The van der Waals surface area contributed by atoms with Crippen LogP contribution in [0.4, 0.5) is 5.69 Å². The first-order chi connectivity index (χ1) is 13.5. The molecule has 3 aromatic rings. The average Bonchev–Trinajstić information content (AvgIpc) is 2.71. The van der Waals surface area contributed by atoms with Crippen LogP contribution >= 0.6 is 11.8 Å². The first kappa shape index (κ1) is 19.5. The van der Waals surface area contributed by atoms with E-state index in [-0.39, 0.29) is 6.54 Å². The van der Waals surface area contributed by atoms with Gasteiger partial charge in [-0.2, -0.15) is 0 Å². The van der Waals surface area contributed by atoms with Gasteiger partial charge in [-0.25, -0.2) is 0 Å². The number of anilines is 1. The van der Waals surface area contributed by atoms with E-state index in [1.165, 1.54) is 24.1 Å². The Hall–Kier alpha value is -3.26. The number of benzene rings is 2. The zero-order chi connectivity index (χ0) is 20.1. The molecule has 0 spiro atoms. The maximum atomic E-state index is 12.5. The Bertz CT molecular complexity index is 1120. The Morgan fingerprint density at radius 3 is 2.61 bits per heavy atom. The number of thioether (sulfide) groups is 1. The Morgan fingerprint density at radius 2 is 1.86 bits per heavy atom. The Labute approximate surface area is 165 Å². The van der Waals surface area contributed by atoms with Gasteiger partial charge in [-0.15, -0.1) is 11.8 Å². The van der Waals surface area contributed by atoms with Crippen molar-refractivity contribution in [3.05, 3.63) is 81.6 Å². The van der Waals surface area contributed by atoms with Gasteiger partial charge in [0.1, 0.15) is 12.3 Å². The first-order valence-electron chi connectivity index (χ1n) is 8.43. The number of nitrogens with zero attached hydrogens (tertiary/aromatic N) is 2. The summed E-state index contributed by atoms with van der Waals surface area (Å²) in [4.78, 5) is 38.3. The molecule has 0 bridgehead atoms. The van der Waals surface area contributed by atoms with Crippen LogP contribution in [-0.2, 0) is 11.3 Å². The van der Waals surface area contributed by atoms with E-state index in [4.69, 9.17) is 4.74 Å². The lowest BCUT2D eigenvalue weighted by Crippen LogP contribution is -2.41. The van der Waals surface area contributed by atoms with Gasteiger partial charge >= 0.3 is 11.1 Å². The zero-order valence-corrected chi connectivity index (χ0v) is 16.2. The van der Waals surface area contributed by atoms with E-state index in [1.54, 1.807) is 42.1 Å². The molecule has 1 amide bonds. The molecule has 0 atom stereocenters. The van der Waals surface area contributed by atoms with Crippen molar-refractivity contribution < 1.29 is 9.53 Å². The summed E-state index contributed by atoms with van der Waals surface area (Å²) in [5.74, 6) is 0.0722. The summed E-state index contributed by atoms with van der Waals surface area (Å²) in [7, 11) is 1.49. The molecule has 3 rings (SSSR count). The SMILES string of the molecule is COc1ccccc1-n1ccn(CC(=O)Nc2cccc(SC)c2)c(=O)c1=O. The molecule has 2 aromatic carbocycles. The molecule has 0 aliphatic heterocycles. The van der Waals surface area contributed by atoms with Crippen molar-refractivity contribution in [2.75, 3.05) is 18.7 Å². The van der Waals surface area contributed by atoms with E-state index in [0.29, 0.717) is 17.1 Å². The van der Waals surface area contributed by atoms with Gasteiger partial charge in [0.05, 0.1) is 12.8 Å². The van der Waals surface area contributed by atoms with E-state index in [9.17, 15) is 14.4 Å². The van der Waals surface area contributed by atoms with Gasteiger partial charge in [0.2, 0.25) is 5.91 Å². The highest BCUT2D eigenvalue weighted by Crippen LogP contribution is 2.20. The molecular weight excluding hydrogens is 378 g/mol. The number of methoxy groups -OCH3 is 1. The van der Waals surface area contributed by atoms with Crippen LogP contribution < -0.4 is 21.2 Å². The van der Waals surface area contributed by atoms with Gasteiger partial charge in [-0.1, -0.05) is 18.2 Å². The zero-order valence-electron chi connectivity index (χ0n) is 15.4. The molecule has 0 aliphatic carbocycles. The maximum absolute atomic E-state index is 12.5. The molecule has 28 heavy (non-hydrogen) atoms. The van der Waals surface area contributed by atoms with Crippen LogP contribution in [0.3, 0.4) is 0 Å². The Morgan fingerprint density at radius 1 is 1.07 bits per heavy atom. The van der Waals surface area contributed by atoms with Crippen molar-refractivity contribution in [2.24, 2.45) is 0 Å². The largest absolute Gasteiger partial charge is 0.495 e. The van der Waals surface area contributed by atoms with Gasteiger partial charge in [0.15, 0.2) is 0 Å². The highest BCUT2D eigenvalue weighted by atomic mass is 32.2. The standard InChI is InChI=1S/C20H19N3O4S/c1-27-17-9-4-3-8-16(17)23-11-10-22(19(25)20(23)26)13-18(24)21-14-6-5-7-15(12-14)28-2/h3-12H,13H2,1-2H3,(H,21,24). The van der Waals surface area contributed by atoms with E-state index in [1.807, 2.05) is 24.5 Å². The monoisotopic (exact) mass is 397 g/mol. The van der Waals surface area contributed by atoms with E-state index in [0.717, 1.165) is 9.46 Å². The first-order valence-corrected chi connectivity index (χ1v) is 9.65. The Kier molecular flexibility index (Phi) is 6.00. The minimum Gasteiger partial charge on any atom is -0.495 e. The molecule has 0 radical (unpaired) electrons. The van der Waals surface area contributed by atoms with E-state index >= 15 is 0 Å². The third kappa shape index (κ3) is 4.17. The second-order valence-corrected chi connectivity index (χ2v) is 6.74. The maximum Gasteiger partial charge on any atom is 0.321 e. The van der Waals surface area contributed by atoms with Gasteiger partial charge in [-0.3, -0.25) is 23.5 Å². The summed E-state index contributed by atoms with van der Waals surface area (Å²) in [5, 5.41) is 2.74. The highest BCUT2D eigenvalue weighted by molar-refractivity contribution is 7.98. The molecule has 1 aromatic heterocycles. The number of hydrogen-bond acceptors (Lipinski definition) is 5. The molecule has 0 aliphatic rings. The number of para-hydroxylation sites is 2. The van der Waals surface area contributed by atoms with E-state index in [2.05, 4.69) is 5.32 Å². The Balaban J connectivity index is 1.84. The molecule has 8 heteroatoms. The second kappa shape index (κ2) is 8.62. The van der Waals surface area contributed by atoms with E-state index < -0.39 is 17.0 Å². The van der Waals surface area contributed by atoms with Gasteiger partial charge in [0.25, 0.3) is 0 Å². The molecular formula is C20H19N3O4S. The molecule has 0 fully saturated rings. The molecule has 1 heterocycles. The second-order valence-electron chi connectivity index (χ2n) is 5.86. The molecule has 7 nitrogen and oxygen atoms in total. The number of aromatic nitrogens is 2. The summed E-state index contributed by atoms with van der Waals surface area (Å²) in [6.45, 7) is -0.260. The van der Waals surface area contributed by atoms with Gasteiger partial charge in [0, 0.05) is 23.0 Å². The molecule has 0 saturated heterocycles. The number of carbonyl (C=O) groups is 1.